The van der Waals surface area contributed by atoms with Gasteiger partial charge in [0.25, 0.3) is 0 Å². The van der Waals surface area contributed by atoms with Crippen LogP contribution in [0.4, 0.5) is 0 Å². The molecule has 2 aromatic rings. The van der Waals surface area contributed by atoms with Crippen LogP contribution in [0.1, 0.15) is 63.7 Å². The summed E-state index contributed by atoms with van der Waals surface area (Å²) in [5.41, 5.74) is 3.32. The summed E-state index contributed by atoms with van der Waals surface area (Å²) in [6.07, 6.45) is 2.48. The molecule has 0 atom stereocenters. The molecule has 8 heteroatoms. The third kappa shape index (κ3) is 3.20. The summed E-state index contributed by atoms with van der Waals surface area (Å²) < 4.78 is 0. The van der Waals surface area contributed by atoms with Gasteiger partial charge < -0.3 is 20.4 Å². The topological polar surface area (TPSA) is 149 Å². The van der Waals surface area contributed by atoms with Crippen molar-refractivity contribution in [3.63, 3.8) is 0 Å². The van der Waals surface area contributed by atoms with Gasteiger partial charge in [-0.25, -0.2) is 19.2 Å². The van der Waals surface area contributed by atoms with E-state index in [1.165, 1.54) is 18.2 Å². The van der Waals surface area contributed by atoms with Crippen LogP contribution in [0, 0.1) is 0 Å². The van der Waals surface area contributed by atoms with E-state index in [4.69, 9.17) is 20.4 Å². The lowest BCUT2D eigenvalue weighted by atomic mass is 9.81. The van der Waals surface area contributed by atoms with Gasteiger partial charge >= 0.3 is 23.9 Å². The molecule has 4 rings (SSSR count). The summed E-state index contributed by atoms with van der Waals surface area (Å²) in [6, 6.07) is 5.80. The molecule has 0 aromatic heterocycles. The molecule has 8 nitrogen and oxygen atoms in total. The number of aryl methyl sites for hydroxylation is 1. The Morgan fingerprint density at radius 1 is 0.536 bits per heavy atom. The average Bonchev–Trinajstić information content (AvgIpc) is 2.88. The van der Waals surface area contributed by atoms with E-state index < -0.39 is 23.9 Å². The largest absolute Gasteiger partial charge is 0.478 e. The number of carboxylic acids is 4. The molecule has 2 aromatic carbocycles. The maximum absolute atomic E-state index is 10.9. The molecule has 2 aliphatic carbocycles. The van der Waals surface area contributed by atoms with E-state index in [0.717, 1.165) is 5.56 Å². The van der Waals surface area contributed by atoms with Crippen molar-refractivity contribution in [2.45, 2.75) is 25.7 Å². The molecule has 0 aliphatic heterocycles. The molecule has 28 heavy (non-hydrogen) atoms. The highest BCUT2D eigenvalue weighted by Gasteiger charge is 2.27. The van der Waals surface area contributed by atoms with Crippen LogP contribution < -0.4 is 0 Å². The quantitative estimate of drug-likeness (QED) is 0.627. The molecule has 0 fully saturated rings. The van der Waals surface area contributed by atoms with Gasteiger partial charge in [-0.05, 0) is 66.1 Å². The van der Waals surface area contributed by atoms with Crippen molar-refractivity contribution in [1.29, 1.82) is 0 Å². The fourth-order valence-corrected chi connectivity index (χ4v) is 3.63. The number of hydrogen-bond acceptors (Lipinski definition) is 4. The van der Waals surface area contributed by atoms with Crippen LogP contribution in [0.25, 0.3) is 0 Å². The third-order valence-corrected chi connectivity index (χ3v) is 5.00. The minimum absolute atomic E-state index is 0.114. The second kappa shape index (κ2) is 7.15. The first kappa shape index (κ1) is 19.1. The Bertz CT molecular complexity index is 994. The van der Waals surface area contributed by atoms with Crippen LogP contribution in [0.15, 0.2) is 24.3 Å². The monoisotopic (exact) mass is 384 g/mol. The summed E-state index contributed by atoms with van der Waals surface area (Å²) in [5.74, 6) is -4.07. The highest BCUT2D eigenvalue weighted by molar-refractivity contribution is 5.99. The first-order valence-electron chi connectivity index (χ1n) is 8.45. The van der Waals surface area contributed by atoms with Crippen molar-refractivity contribution in [2.75, 3.05) is 0 Å². The molecule has 0 radical (unpaired) electrons. The maximum atomic E-state index is 10.9. The summed E-state index contributed by atoms with van der Waals surface area (Å²) in [7, 11) is 0. The molecule has 0 amide bonds. The standard InChI is InChI=1S/2C10H8O4/c11-9(12)7-4-2-5-1-3-6(7)8(5)10(13)14;11-9(12)7-3-4-8(10(13)14)6-2-1-5(6)7/h2,4H,1,3H2,(H,11,12)(H,13,14);3-4H,1-2H2,(H,11,12)(H,13,14). The van der Waals surface area contributed by atoms with E-state index >= 15 is 0 Å². The van der Waals surface area contributed by atoms with Gasteiger partial charge in [-0.3, -0.25) is 0 Å². The van der Waals surface area contributed by atoms with Crippen molar-refractivity contribution in [1.82, 2.24) is 0 Å². The number of carbonyl (C=O) groups is 4. The Kier molecular flexibility index (Phi) is 4.87. The fourth-order valence-electron chi connectivity index (χ4n) is 3.63. The van der Waals surface area contributed by atoms with E-state index in [0.29, 0.717) is 42.4 Å². The Morgan fingerprint density at radius 3 is 1.32 bits per heavy atom. The third-order valence-electron chi connectivity index (χ3n) is 5.00. The second-order valence-corrected chi connectivity index (χ2v) is 6.46. The lowest BCUT2D eigenvalue weighted by Gasteiger charge is -2.22. The zero-order valence-corrected chi connectivity index (χ0v) is 14.6. The smallest absolute Gasteiger partial charge is 0.336 e. The van der Waals surface area contributed by atoms with E-state index in [1.807, 2.05) is 0 Å². The van der Waals surface area contributed by atoms with Gasteiger partial charge in [0.1, 0.15) is 0 Å². The van der Waals surface area contributed by atoms with Crippen LogP contribution in [0.3, 0.4) is 0 Å². The Labute approximate surface area is 158 Å². The Hall–Kier alpha value is -3.68. The molecule has 2 aliphatic rings. The molecular formula is C20H16O8. The number of rotatable bonds is 4. The number of carboxylic acid groups (broad SMARTS) is 4. The molecular weight excluding hydrogens is 368 g/mol. The maximum Gasteiger partial charge on any atom is 0.336 e. The summed E-state index contributed by atoms with van der Waals surface area (Å²) in [6.45, 7) is 0. The number of benzene rings is 2. The van der Waals surface area contributed by atoms with Crippen molar-refractivity contribution in [3.8, 4) is 0 Å². The van der Waals surface area contributed by atoms with Crippen molar-refractivity contribution < 1.29 is 39.6 Å². The van der Waals surface area contributed by atoms with Crippen LogP contribution in [0.5, 0.6) is 0 Å². The van der Waals surface area contributed by atoms with Gasteiger partial charge in [0.15, 0.2) is 0 Å². The van der Waals surface area contributed by atoms with Gasteiger partial charge in [0.2, 0.25) is 0 Å². The minimum atomic E-state index is -1.06. The van der Waals surface area contributed by atoms with Crippen molar-refractivity contribution in [2.24, 2.45) is 0 Å². The predicted octanol–water partition coefficient (Wildman–Crippen LogP) is 2.36. The molecule has 144 valence electrons. The number of hydrogen-bond donors (Lipinski definition) is 4. The normalized spacial score (nSPS) is 12.9. The van der Waals surface area contributed by atoms with Crippen LogP contribution in [0.2, 0.25) is 0 Å². The molecule has 0 saturated carbocycles. The van der Waals surface area contributed by atoms with Gasteiger partial charge in [-0.15, -0.1) is 0 Å². The molecule has 2 bridgehead atoms. The zero-order chi connectivity index (χ0) is 20.6. The zero-order valence-electron chi connectivity index (χ0n) is 14.6. The SMILES string of the molecule is O=C(O)c1ccc(C(=O)O)c2c1CC2.O=C(O)c1ccc2c(C(=O)O)c1CC2. The number of aromatic carboxylic acids is 4. The first-order chi connectivity index (χ1) is 13.2. The van der Waals surface area contributed by atoms with Crippen molar-refractivity contribution in [3.05, 3.63) is 68.8 Å². The van der Waals surface area contributed by atoms with Crippen molar-refractivity contribution >= 4 is 23.9 Å². The van der Waals surface area contributed by atoms with Crippen LogP contribution in [-0.2, 0) is 25.7 Å². The van der Waals surface area contributed by atoms with Gasteiger partial charge in [0.05, 0.1) is 22.3 Å². The number of fused-ring (bicyclic) bond motifs is 3. The summed E-state index contributed by atoms with van der Waals surface area (Å²) in [5, 5.41) is 35.3. The highest BCUT2D eigenvalue weighted by atomic mass is 16.4. The average molecular weight is 384 g/mol. The van der Waals surface area contributed by atoms with Gasteiger partial charge in [0, 0.05) is 0 Å². The molecule has 0 heterocycles. The predicted molar refractivity (Wildman–Crippen MR) is 95.5 cm³/mol. The van der Waals surface area contributed by atoms with E-state index in [9.17, 15) is 19.2 Å². The van der Waals surface area contributed by atoms with E-state index in [1.54, 1.807) is 6.07 Å². The fraction of sp³-hybridized carbons (Fsp3) is 0.200. The van der Waals surface area contributed by atoms with Gasteiger partial charge in [-0.2, -0.15) is 0 Å². The molecule has 4 N–H and O–H groups in total. The lowest BCUT2D eigenvalue weighted by molar-refractivity contribution is 0.0677. The van der Waals surface area contributed by atoms with E-state index in [-0.39, 0.29) is 22.3 Å². The molecule has 0 saturated heterocycles. The minimum Gasteiger partial charge on any atom is -0.478 e. The van der Waals surface area contributed by atoms with Gasteiger partial charge in [-0.1, -0.05) is 6.07 Å². The first-order valence-corrected chi connectivity index (χ1v) is 8.45. The van der Waals surface area contributed by atoms with E-state index in [2.05, 4.69) is 0 Å². The Morgan fingerprint density at radius 2 is 0.929 bits per heavy atom. The van der Waals surface area contributed by atoms with Crippen LogP contribution >= 0.6 is 0 Å². The second-order valence-electron chi connectivity index (χ2n) is 6.46. The highest BCUT2D eigenvalue weighted by Crippen LogP contribution is 2.30. The lowest BCUT2D eigenvalue weighted by Crippen LogP contribution is -2.19. The summed E-state index contributed by atoms with van der Waals surface area (Å²) in [4.78, 5) is 43.1. The Balaban J connectivity index is 0.000000161. The molecule has 0 unspecified atom stereocenters. The van der Waals surface area contributed by atoms with Crippen LogP contribution in [-0.4, -0.2) is 44.3 Å². The summed E-state index contributed by atoms with van der Waals surface area (Å²) >= 11 is 0. The molecule has 0 spiro atoms.